The lowest BCUT2D eigenvalue weighted by Crippen LogP contribution is -2.44. The van der Waals surface area contributed by atoms with E-state index in [0.717, 1.165) is 43.6 Å². The van der Waals surface area contributed by atoms with E-state index in [2.05, 4.69) is 5.32 Å². The first-order valence-corrected chi connectivity index (χ1v) is 11.2. The van der Waals surface area contributed by atoms with Crippen molar-refractivity contribution in [3.63, 3.8) is 0 Å². The number of nitrogens with one attached hydrogen (secondary N) is 1. The first-order valence-electron chi connectivity index (χ1n) is 11.2. The number of fused-ring (bicyclic) bond motifs is 4. The second-order valence-corrected chi connectivity index (χ2v) is 8.83. The Bertz CT molecular complexity index is 1040. The van der Waals surface area contributed by atoms with Gasteiger partial charge in [0, 0.05) is 49.5 Å². The number of aliphatic hydroxyl groups excluding tert-OH is 1. The van der Waals surface area contributed by atoms with Crippen molar-refractivity contribution in [2.45, 2.75) is 37.9 Å². The number of nitrogens with zero attached hydrogens (tertiary/aromatic N) is 2. The number of piperidine rings is 1. The molecule has 0 aliphatic carbocycles. The van der Waals surface area contributed by atoms with Crippen LogP contribution in [0.15, 0.2) is 41.2 Å². The van der Waals surface area contributed by atoms with Gasteiger partial charge in [0.15, 0.2) is 0 Å². The molecule has 1 amide bonds. The monoisotopic (exact) mass is 423 g/mol. The lowest BCUT2D eigenvalue weighted by Gasteiger charge is -2.33. The standard InChI is InChI=1S/C24H29N3O4/c1-31-16-7-5-6-15(12-16)17-8-9-20-22-21(24(30)26-10-3-2-4-11-26)18(14-28)19(25-22)13-27(20)23(17)29/h5-9,12,18-19,21-22,25,28H,2-4,10-11,13-14H2,1H3/t18-,19-,21+,22+/m1/s1. The predicted octanol–water partition coefficient (Wildman–Crippen LogP) is 1.79. The Hall–Kier alpha value is -2.64. The molecule has 1 aromatic heterocycles. The van der Waals surface area contributed by atoms with E-state index in [1.165, 1.54) is 0 Å². The molecule has 3 aliphatic heterocycles. The highest BCUT2D eigenvalue weighted by Crippen LogP contribution is 2.42. The SMILES string of the molecule is COc1cccc(-c2ccc3n(c2=O)C[C@H]2N[C@@H]3[C@@H](C(=O)N3CCCCC3)[C@@H]2CO)c1. The number of carbonyl (C=O) groups excluding carboxylic acids is 1. The van der Waals surface area contributed by atoms with Gasteiger partial charge in [-0.3, -0.25) is 9.59 Å². The number of rotatable bonds is 4. The highest BCUT2D eigenvalue weighted by Gasteiger charge is 2.51. The molecule has 0 spiro atoms. The second-order valence-electron chi connectivity index (χ2n) is 8.83. The summed E-state index contributed by atoms with van der Waals surface area (Å²) < 4.78 is 7.11. The van der Waals surface area contributed by atoms with Gasteiger partial charge in [0.2, 0.25) is 5.91 Å². The van der Waals surface area contributed by atoms with E-state index >= 15 is 0 Å². The predicted molar refractivity (Wildman–Crippen MR) is 117 cm³/mol. The number of benzene rings is 1. The van der Waals surface area contributed by atoms with Gasteiger partial charge in [-0.25, -0.2) is 0 Å². The van der Waals surface area contributed by atoms with Crippen LogP contribution >= 0.6 is 0 Å². The third-order valence-electron chi connectivity index (χ3n) is 7.18. The van der Waals surface area contributed by atoms with Gasteiger partial charge in [-0.05, 0) is 49.1 Å². The Morgan fingerprint density at radius 2 is 2.00 bits per heavy atom. The number of hydrogen-bond donors (Lipinski definition) is 2. The van der Waals surface area contributed by atoms with Gasteiger partial charge in [-0.2, -0.15) is 0 Å². The maximum absolute atomic E-state index is 13.4. The van der Waals surface area contributed by atoms with Crippen molar-refractivity contribution < 1.29 is 14.6 Å². The summed E-state index contributed by atoms with van der Waals surface area (Å²) in [5.41, 5.74) is 2.19. The lowest BCUT2D eigenvalue weighted by molar-refractivity contribution is -0.138. The van der Waals surface area contributed by atoms with Gasteiger partial charge >= 0.3 is 0 Å². The molecule has 4 heterocycles. The van der Waals surface area contributed by atoms with Crippen molar-refractivity contribution in [1.29, 1.82) is 0 Å². The molecule has 0 unspecified atom stereocenters. The zero-order chi connectivity index (χ0) is 21.5. The van der Waals surface area contributed by atoms with Crippen molar-refractivity contribution in [2.75, 3.05) is 26.8 Å². The van der Waals surface area contributed by atoms with Gasteiger partial charge in [-0.1, -0.05) is 12.1 Å². The van der Waals surface area contributed by atoms with Crippen LogP contribution in [0, 0.1) is 11.8 Å². The highest BCUT2D eigenvalue weighted by molar-refractivity contribution is 5.81. The molecule has 7 nitrogen and oxygen atoms in total. The van der Waals surface area contributed by atoms with Crippen LogP contribution in [0.2, 0.25) is 0 Å². The van der Waals surface area contributed by atoms with Crippen LogP contribution < -0.4 is 15.6 Å². The van der Waals surface area contributed by atoms with Crippen LogP contribution in [0.3, 0.4) is 0 Å². The molecule has 2 bridgehead atoms. The minimum Gasteiger partial charge on any atom is -0.497 e. The molecular formula is C24H29N3O4. The van der Waals surface area contributed by atoms with Gasteiger partial charge in [0.25, 0.3) is 5.56 Å². The minimum absolute atomic E-state index is 0.0648. The Labute approximate surface area is 181 Å². The van der Waals surface area contributed by atoms with E-state index in [1.807, 2.05) is 41.3 Å². The fourth-order valence-electron chi connectivity index (χ4n) is 5.56. The van der Waals surface area contributed by atoms with E-state index in [9.17, 15) is 14.7 Å². The number of pyridine rings is 1. The van der Waals surface area contributed by atoms with Crippen molar-refractivity contribution in [3.05, 3.63) is 52.4 Å². The highest BCUT2D eigenvalue weighted by atomic mass is 16.5. The molecular weight excluding hydrogens is 394 g/mol. The van der Waals surface area contributed by atoms with Crippen molar-refractivity contribution in [3.8, 4) is 16.9 Å². The Morgan fingerprint density at radius 1 is 1.19 bits per heavy atom. The topological polar surface area (TPSA) is 83.8 Å². The number of ether oxygens (including phenoxy) is 1. The van der Waals surface area contributed by atoms with E-state index < -0.39 is 0 Å². The zero-order valence-corrected chi connectivity index (χ0v) is 17.8. The average Bonchev–Trinajstić information content (AvgIpc) is 3.12. The number of aliphatic hydroxyl groups is 1. The Morgan fingerprint density at radius 3 is 2.74 bits per heavy atom. The molecule has 1 aromatic carbocycles. The molecule has 4 atom stereocenters. The van der Waals surface area contributed by atoms with E-state index in [1.54, 1.807) is 11.7 Å². The van der Waals surface area contributed by atoms with Gasteiger partial charge in [-0.15, -0.1) is 0 Å². The molecule has 2 fully saturated rings. The van der Waals surface area contributed by atoms with Crippen molar-refractivity contribution >= 4 is 5.91 Å². The molecule has 0 radical (unpaired) electrons. The van der Waals surface area contributed by atoms with Crippen molar-refractivity contribution in [1.82, 2.24) is 14.8 Å². The maximum Gasteiger partial charge on any atom is 0.258 e. The Balaban J connectivity index is 1.53. The number of aromatic nitrogens is 1. The van der Waals surface area contributed by atoms with Gasteiger partial charge in [0.05, 0.1) is 19.1 Å². The summed E-state index contributed by atoms with van der Waals surface area (Å²) in [6.07, 6.45) is 3.22. The number of methoxy groups -OCH3 is 1. The lowest BCUT2D eigenvalue weighted by atomic mass is 9.85. The summed E-state index contributed by atoms with van der Waals surface area (Å²) in [6.45, 7) is 1.96. The summed E-state index contributed by atoms with van der Waals surface area (Å²) in [4.78, 5) is 28.8. The van der Waals surface area contributed by atoms with E-state index in [0.29, 0.717) is 17.9 Å². The number of amides is 1. The van der Waals surface area contributed by atoms with E-state index in [-0.39, 0.29) is 42.0 Å². The summed E-state index contributed by atoms with van der Waals surface area (Å²) in [6, 6.07) is 10.9. The molecule has 2 N–H and O–H groups in total. The molecule has 7 heteroatoms. The fourth-order valence-corrected chi connectivity index (χ4v) is 5.56. The molecule has 2 aromatic rings. The summed E-state index contributed by atoms with van der Waals surface area (Å²) >= 11 is 0. The summed E-state index contributed by atoms with van der Waals surface area (Å²) in [5.74, 6) is 0.272. The van der Waals surface area contributed by atoms with Crippen LogP contribution in [0.1, 0.15) is 31.0 Å². The van der Waals surface area contributed by atoms with E-state index in [4.69, 9.17) is 4.74 Å². The zero-order valence-electron chi connectivity index (χ0n) is 17.8. The summed E-state index contributed by atoms with van der Waals surface area (Å²) in [7, 11) is 1.61. The number of likely N-dealkylation sites (tertiary alicyclic amines) is 1. The van der Waals surface area contributed by atoms with Crippen LogP contribution in [0.25, 0.3) is 11.1 Å². The number of hydrogen-bond acceptors (Lipinski definition) is 5. The van der Waals surface area contributed by atoms with Crippen LogP contribution in [-0.4, -0.2) is 53.3 Å². The molecule has 5 rings (SSSR count). The number of carbonyl (C=O) groups is 1. The third-order valence-corrected chi connectivity index (χ3v) is 7.18. The quantitative estimate of drug-likeness (QED) is 0.783. The first-order chi connectivity index (χ1) is 15.1. The molecule has 2 saturated heterocycles. The van der Waals surface area contributed by atoms with Gasteiger partial charge < -0.3 is 24.6 Å². The maximum atomic E-state index is 13.4. The smallest absolute Gasteiger partial charge is 0.258 e. The second kappa shape index (κ2) is 8.13. The average molecular weight is 424 g/mol. The van der Waals surface area contributed by atoms with Crippen LogP contribution in [-0.2, 0) is 11.3 Å². The normalized spacial score (nSPS) is 27.1. The fraction of sp³-hybridized carbons (Fsp3) is 0.500. The third kappa shape index (κ3) is 3.36. The Kier molecular flexibility index (Phi) is 5.32. The largest absolute Gasteiger partial charge is 0.497 e. The molecule has 31 heavy (non-hydrogen) atoms. The first kappa shape index (κ1) is 20.3. The molecule has 0 saturated carbocycles. The molecule has 164 valence electrons. The summed E-state index contributed by atoms with van der Waals surface area (Å²) in [5, 5.41) is 13.7. The van der Waals surface area contributed by atoms with Crippen LogP contribution in [0.4, 0.5) is 0 Å². The van der Waals surface area contributed by atoms with Crippen molar-refractivity contribution in [2.24, 2.45) is 11.8 Å². The minimum atomic E-state index is -0.344. The molecule has 3 aliphatic rings. The van der Waals surface area contributed by atoms with Crippen LogP contribution in [0.5, 0.6) is 5.75 Å². The van der Waals surface area contributed by atoms with Gasteiger partial charge in [0.1, 0.15) is 5.75 Å².